The van der Waals surface area contributed by atoms with Gasteiger partial charge >= 0.3 is 0 Å². The summed E-state index contributed by atoms with van der Waals surface area (Å²) in [6, 6.07) is 6.44. The fourth-order valence-corrected chi connectivity index (χ4v) is 1.74. The highest BCUT2D eigenvalue weighted by atomic mass is 19.1. The second kappa shape index (κ2) is 6.86. The van der Waals surface area contributed by atoms with E-state index in [2.05, 4.69) is 0 Å². The minimum absolute atomic E-state index is 0.130. The highest BCUT2D eigenvalue weighted by molar-refractivity contribution is 5.16. The molecule has 0 aliphatic carbocycles. The normalized spacial score (nSPS) is 13.6. The van der Waals surface area contributed by atoms with Gasteiger partial charge in [-0.1, -0.05) is 12.1 Å². The second-order valence-electron chi connectivity index (χ2n) is 5.63. The van der Waals surface area contributed by atoms with Gasteiger partial charge in [0.15, 0.2) is 0 Å². The minimum Gasteiger partial charge on any atom is -0.396 e. The van der Waals surface area contributed by atoms with Gasteiger partial charge in [-0.05, 0) is 57.2 Å². The number of rotatable bonds is 6. The lowest BCUT2D eigenvalue weighted by Gasteiger charge is -2.21. The summed E-state index contributed by atoms with van der Waals surface area (Å²) in [5.41, 5.74) is 0.904. The molecule has 1 N–H and O–H groups in total. The largest absolute Gasteiger partial charge is 0.396 e. The Labute approximate surface area is 109 Å². The fourth-order valence-electron chi connectivity index (χ4n) is 1.74. The maximum Gasteiger partial charge on any atom is 0.123 e. The number of aliphatic hydroxyl groups is 1. The second-order valence-corrected chi connectivity index (χ2v) is 5.63. The van der Waals surface area contributed by atoms with Gasteiger partial charge in [-0.15, -0.1) is 0 Å². The summed E-state index contributed by atoms with van der Waals surface area (Å²) in [5.74, 6) is -0.0619. The zero-order chi connectivity index (χ0) is 13.6. The summed E-state index contributed by atoms with van der Waals surface area (Å²) in [6.45, 7) is 6.81. The van der Waals surface area contributed by atoms with Crippen molar-refractivity contribution < 1.29 is 14.2 Å². The Morgan fingerprint density at radius 3 is 2.33 bits per heavy atom. The smallest absolute Gasteiger partial charge is 0.123 e. The lowest BCUT2D eigenvalue weighted by atomic mass is 9.97. The average Bonchev–Trinajstić information content (AvgIpc) is 2.29. The number of ether oxygens (including phenoxy) is 1. The molecule has 1 unspecified atom stereocenters. The van der Waals surface area contributed by atoms with Crippen LogP contribution in [0.2, 0.25) is 0 Å². The van der Waals surface area contributed by atoms with Crippen molar-refractivity contribution in [3.8, 4) is 0 Å². The fraction of sp³-hybridized carbons (Fsp3) is 0.600. The molecule has 0 aromatic heterocycles. The van der Waals surface area contributed by atoms with Crippen molar-refractivity contribution in [2.45, 2.75) is 39.2 Å². The molecule has 0 bridgehead atoms. The molecule has 0 amide bonds. The van der Waals surface area contributed by atoms with Crippen LogP contribution in [0.5, 0.6) is 0 Å². The third-order valence-electron chi connectivity index (χ3n) is 2.76. The SMILES string of the molecule is CC(C)(C)OCCC(CO)Cc1ccc(F)cc1. The lowest BCUT2D eigenvalue weighted by molar-refractivity contribution is -0.0121. The molecule has 0 saturated heterocycles. The van der Waals surface area contributed by atoms with E-state index in [9.17, 15) is 9.50 Å². The molecule has 0 aliphatic rings. The highest BCUT2D eigenvalue weighted by Gasteiger charge is 2.13. The molecule has 1 rings (SSSR count). The molecule has 0 radical (unpaired) electrons. The monoisotopic (exact) mass is 254 g/mol. The van der Waals surface area contributed by atoms with E-state index in [1.165, 1.54) is 12.1 Å². The quantitative estimate of drug-likeness (QED) is 0.845. The molecule has 1 aromatic rings. The predicted octanol–water partition coefficient (Wildman–Crippen LogP) is 3.18. The summed E-state index contributed by atoms with van der Waals surface area (Å²) >= 11 is 0. The Morgan fingerprint density at radius 1 is 1.22 bits per heavy atom. The van der Waals surface area contributed by atoms with Crippen molar-refractivity contribution in [3.05, 3.63) is 35.6 Å². The van der Waals surface area contributed by atoms with Gasteiger partial charge in [0, 0.05) is 13.2 Å². The maximum atomic E-state index is 12.8. The Kier molecular flexibility index (Phi) is 5.76. The van der Waals surface area contributed by atoms with Gasteiger partial charge in [0.25, 0.3) is 0 Å². The molecule has 0 fully saturated rings. The first-order chi connectivity index (χ1) is 8.40. The number of hydrogen-bond acceptors (Lipinski definition) is 2. The first-order valence-electron chi connectivity index (χ1n) is 6.40. The summed E-state index contributed by atoms with van der Waals surface area (Å²) in [4.78, 5) is 0. The van der Waals surface area contributed by atoms with Crippen LogP contribution in [-0.4, -0.2) is 23.9 Å². The molecular formula is C15H23FO2. The third kappa shape index (κ3) is 6.12. The van der Waals surface area contributed by atoms with E-state index in [0.29, 0.717) is 6.61 Å². The molecule has 0 heterocycles. The minimum atomic E-state index is -0.227. The Hall–Kier alpha value is -0.930. The molecule has 1 atom stereocenters. The number of benzene rings is 1. The van der Waals surface area contributed by atoms with Crippen LogP contribution in [0.25, 0.3) is 0 Å². The molecule has 0 saturated carbocycles. The van der Waals surface area contributed by atoms with E-state index in [1.54, 1.807) is 12.1 Å². The third-order valence-corrected chi connectivity index (χ3v) is 2.76. The summed E-state index contributed by atoms with van der Waals surface area (Å²) in [5, 5.41) is 9.34. The van der Waals surface area contributed by atoms with Crippen LogP contribution in [0.1, 0.15) is 32.8 Å². The first-order valence-corrected chi connectivity index (χ1v) is 6.40. The van der Waals surface area contributed by atoms with E-state index < -0.39 is 0 Å². The predicted molar refractivity (Wildman–Crippen MR) is 71.0 cm³/mol. The molecule has 2 nitrogen and oxygen atoms in total. The Bertz CT molecular complexity index is 341. The van der Waals surface area contributed by atoms with E-state index >= 15 is 0 Å². The summed E-state index contributed by atoms with van der Waals surface area (Å²) in [6.07, 6.45) is 1.56. The van der Waals surface area contributed by atoms with Gasteiger partial charge in [-0.2, -0.15) is 0 Å². The molecular weight excluding hydrogens is 231 g/mol. The van der Waals surface area contributed by atoms with E-state index in [1.807, 2.05) is 20.8 Å². The van der Waals surface area contributed by atoms with E-state index in [0.717, 1.165) is 18.4 Å². The van der Waals surface area contributed by atoms with Crippen LogP contribution in [0.15, 0.2) is 24.3 Å². The van der Waals surface area contributed by atoms with Crippen molar-refractivity contribution in [3.63, 3.8) is 0 Å². The van der Waals surface area contributed by atoms with Crippen LogP contribution < -0.4 is 0 Å². The van der Waals surface area contributed by atoms with Crippen molar-refractivity contribution in [1.29, 1.82) is 0 Å². The Morgan fingerprint density at radius 2 is 1.83 bits per heavy atom. The highest BCUT2D eigenvalue weighted by Crippen LogP contribution is 2.15. The van der Waals surface area contributed by atoms with Crippen LogP contribution >= 0.6 is 0 Å². The summed E-state index contributed by atoms with van der Waals surface area (Å²) < 4.78 is 18.4. The molecule has 102 valence electrons. The van der Waals surface area contributed by atoms with Gasteiger partial charge in [0.05, 0.1) is 5.60 Å². The molecule has 3 heteroatoms. The topological polar surface area (TPSA) is 29.5 Å². The van der Waals surface area contributed by atoms with Crippen molar-refractivity contribution >= 4 is 0 Å². The van der Waals surface area contributed by atoms with Crippen molar-refractivity contribution in [2.75, 3.05) is 13.2 Å². The van der Waals surface area contributed by atoms with Gasteiger partial charge in [0.2, 0.25) is 0 Å². The van der Waals surface area contributed by atoms with Gasteiger partial charge in [-0.25, -0.2) is 4.39 Å². The molecule has 0 spiro atoms. The van der Waals surface area contributed by atoms with Crippen LogP contribution in [0, 0.1) is 11.7 Å². The van der Waals surface area contributed by atoms with Gasteiger partial charge in [-0.3, -0.25) is 0 Å². The van der Waals surface area contributed by atoms with E-state index in [-0.39, 0.29) is 23.9 Å². The van der Waals surface area contributed by atoms with Crippen LogP contribution in [-0.2, 0) is 11.2 Å². The zero-order valence-electron chi connectivity index (χ0n) is 11.4. The number of hydrogen-bond donors (Lipinski definition) is 1. The maximum absolute atomic E-state index is 12.8. The molecule has 18 heavy (non-hydrogen) atoms. The van der Waals surface area contributed by atoms with Crippen LogP contribution in [0.4, 0.5) is 4.39 Å². The first kappa shape index (κ1) is 15.1. The van der Waals surface area contributed by atoms with Crippen molar-refractivity contribution in [1.82, 2.24) is 0 Å². The van der Waals surface area contributed by atoms with Gasteiger partial charge < -0.3 is 9.84 Å². The van der Waals surface area contributed by atoms with Crippen molar-refractivity contribution in [2.24, 2.45) is 5.92 Å². The standard InChI is InChI=1S/C15H23FO2/c1-15(2,3)18-9-8-13(11-17)10-12-4-6-14(16)7-5-12/h4-7,13,17H,8-11H2,1-3H3. The Balaban J connectivity index is 2.40. The zero-order valence-corrected chi connectivity index (χ0v) is 11.4. The average molecular weight is 254 g/mol. The van der Waals surface area contributed by atoms with Crippen LogP contribution in [0.3, 0.4) is 0 Å². The van der Waals surface area contributed by atoms with E-state index in [4.69, 9.17) is 4.74 Å². The molecule has 1 aromatic carbocycles. The number of halogens is 1. The molecule has 0 aliphatic heterocycles. The summed E-state index contributed by atoms with van der Waals surface area (Å²) in [7, 11) is 0. The number of aliphatic hydroxyl groups excluding tert-OH is 1. The van der Waals surface area contributed by atoms with Gasteiger partial charge in [0.1, 0.15) is 5.82 Å². The lowest BCUT2D eigenvalue weighted by Crippen LogP contribution is -2.22.